The highest BCUT2D eigenvalue weighted by molar-refractivity contribution is 6.14. The summed E-state index contributed by atoms with van der Waals surface area (Å²) in [6.07, 6.45) is 3.93. The van der Waals surface area contributed by atoms with E-state index in [1.165, 1.54) is 5.56 Å². The maximum Gasteiger partial charge on any atom is 0.132 e. The molecule has 2 aliphatic heterocycles. The number of piperazine rings is 1. The van der Waals surface area contributed by atoms with E-state index in [1.54, 1.807) is 6.33 Å². The molecule has 0 radical (unpaired) electrons. The van der Waals surface area contributed by atoms with Crippen molar-refractivity contribution in [3.8, 4) is 5.75 Å². The molecule has 5 rings (SSSR count). The summed E-state index contributed by atoms with van der Waals surface area (Å²) in [5.41, 5.74) is 4.24. The summed E-state index contributed by atoms with van der Waals surface area (Å²) in [6, 6.07) is 8.97. The van der Waals surface area contributed by atoms with Crippen LogP contribution >= 0.6 is 0 Å². The first kappa shape index (κ1) is 18.6. The second kappa shape index (κ2) is 7.10. The molecule has 0 spiro atoms. The summed E-state index contributed by atoms with van der Waals surface area (Å²) >= 11 is 0. The fraction of sp³-hybridized carbons (Fsp3) is 0.522. The minimum atomic E-state index is 0.0174. The molecular formula is C23H29N5O. The van der Waals surface area contributed by atoms with E-state index in [0.717, 1.165) is 67.6 Å². The Morgan fingerprint density at radius 3 is 2.79 bits per heavy atom. The molecule has 1 atom stereocenters. The molecule has 2 fully saturated rings. The van der Waals surface area contributed by atoms with E-state index >= 15 is 0 Å². The van der Waals surface area contributed by atoms with Crippen LogP contribution < -0.4 is 9.64 Å². The van der Waals surface area contributed by atoms with Crippen LogP contribution in [-0.2, 0) is 6.54 Å². The number of hydrogen-bond donors (Lipinski definition) is 0. The summed E-state index contributed by atoms with van der Waals surface area (Å²) in [5.74, 6) is 1.92. The highest BCUT2D eigenvalue weighted by Gasteiger charge is 2.40. The average molecular weight is 392 g/mol. The van der Waals surface area contributed by atoms with Crippen LogP contribution in [-0.4, -0.2) is 58.4 Å². The number of ether oxygens (including phenoxy) is 1. The average Bonchev–Trinajstić information content (AvgIpc) is 3.30. The largest absolute Gasteiger partial charge is 0.488 e. The van der Waals surface area contributed by atoms with Gasteiger partial charge in [-0.05, 0) is 50.9 Å². The fourth-order valence-electron chi connectivity index (χ4n) is 4.33. The third kappa shape index (κ3) is 3.62. The van der Waals surface area contributed by atoms with Gasteiger partial charge in [-0.15, -0.1) is 0 Å². The van der Waals surface area contributed by atoms with Crippen molar-refractivity contribution in [1.82, 2.24) is 14.9 Å². The molecule has 3 aliphatic rings. The molecule has 1 saturated carbocycles. The molecule has 1 aliphatic carbocycles. The Morgan fingerprint density at radius 1 is 1.17 bits per heavy atom. The van der Waals surface area contributed by atoms with Gasteiger partial charge in [0.15, 0.2) is 0 Å². The summed E-state index contributed by atoms with van der Waals surface area (Å²) in [4.78, 5) is 18.8. The summed E-state index contributed by atoms with van der Waals surface area (Å²) in [6.45, 7) is 11.5. The molecular weight excluding hydrogens is 362 g/mol. The topological polar surface area (TPSA) is 53.9 Å². The molecule has 1 aromatic carbocycles. The molecule has 1 aromatic heterocycles. The van der Waals surface area contributed by atoms with Crippen LogP contribution in [0.25, 0.3) is 0 Å². The number of nitrogens with zero attached hydrogens (tertiary/aromatic N) is 5. The number of rotatable bonds is 5. The summed E-state index contributed by atoms with van der Waals surface area (Å²) < 4.78 is 6.17. The Bertz CT molecular complexity index is 952. The zero-order chi connectivity index (χ0) is 20.0. The molecule has 0 amide bonds. The van der Waals surface area contributed by atoms with Gasteiger partial charge in [0, 0.05) is 37.3 Å². The highest BCUT2D eigenvalue weighted by Crippen LogP contribution is 2.40. The van der Waals surface area contributed by atoms with Crippen molar-refractivity contribution in [2.45, 2.75) is 51.8 Å². The SMILES string of the molecule is CCN1CCN(c2cc(C3=NCc4ccc(OC5(C)CC5)cc43)ncn2)C[C@@H]1C. The van der Waals surface area contributed by atoms with Gasteiger partial charge in [0.05, 0.1) is 18.0 Å². The van der Waals surface area contributed by atoms with Crippen molar-refractivity contribution in [1.29, 1.82) is 0 Å². The minimum Gasteiger partial charge on any atom is -0.488 e. The number of hydrogen-bond acceptors (Lipinski definition) is 6. The van der Waals surface area contributed by atoms with E-state index in [9.17, 15) is 0 Å². The van der Waals surface area contributed by atoms with Crippen molar-refractivity contribution in [3.05, 3.63) is 47.4 Å². The number of benzene rings is 1. The van der Waals surface area contributed by atoms with Gasteiger partial charge in [-0.3, -0.25) is 9.89 Å². The van der Waals surface area contributed by atoms with Gasteiger partial charge in [0.1, 0.15) is 23.5 Å². The molecule has 152 valence electrons. The molecule has 0 bridgehead atoms. The Balaban J connectivity index is 1.39. The van der Waals surface area contributed by atoms with Gasteiger partial charge in [-0.1, -0.05) is 13.0 Å². The van der Waals surface area contributed by atoms with Gasteiger partial charge in [0.2, 0.25) is 0 Å². The van der Waals surface area contributed by atoms with Gasteiger partial charge in [0.25, 0.3) is 0 Å². The molecule has 29 heavy (non-hydrogen) atoms. The van der Waals surface area contributed by atoms with Gasteiger partial charge >= 0.3 is 0 Å². The van der Waals surface area contributed by atoms with Crippen molar-refractivity contribution < 1.29 is 4.74 Å². The first-order chi connectivity index (χ1) is 14.0. The van der Waals surface area contributed by atoms with Crippen molar-refractivity contribution >= 4 is 11.5 Å². The predicted octanol–water partition coefficient (Wildman–Crippen LogP) is 3.29. The number of likely N-dealkylation sites (N-methyl/N-ethyl adjacent to an activating group) is 1. The molecule has 2 aromatic rings. The van der Waals surface area contributed by atoms with Crippen LogP contribution in [0, 0.1) is 0 Å². The number of aliphatic imine (C=N–C) groups is 1. The third-order valence-corrected chi connectivity index (χ3v) is 6.45. The van der Waals surface area contributed by atoms with Crippen molar-refractivity contribution in [3.63, 3.8) is 0 Å². The Hall–Kier alpha value is -2.47. The van der Waals surface area contributed by atoms with Crippen LogP contribution in [0.1, 0.15) is 50.4 Å². The maximum absolute atomic E-state index is 6.17. The Kier molecular flexibility index (Phi) is 4.54. The molecule has 1 saturated heterocycles. The van der Waals surface area contributed by atoms with E-state index in [0.29, 0.717) is 12.6 Å². The Morgan fingerprint density at radius 2 is 2.03 bits per heavy atom. The summed E-state index contributed by atoms with van der Waals surface area (Å²) in [5, 5.41) is 0. The Labute approximate surface area is 172 Å². The fourth-order valence-corrected chi connectivity index (χ4v) is 4.33. The first-order valence-corrected chi connectivity index (χ1v) is 10.7. The molecule has 0 N–H and O–H groups in total. The van der Waals surface area contributed by atoms with E-state index in [2.05, 4.69) is 64.8 Å². The number of anilines is 1. The van der Waals surface area contributed by atoms with Crippen LogP contribution in [0.15, 0.2) is 35.6 Å². The van der Waals surface area contributed by atoms with Crippen LogP contribution in [0.2, 0.25) is 0 Å². The van der Waals surface area contributed by atoms with Gasteiger partial charge < -0.3 is 9.64 Å². The minimum absolute atomic E-state index is 0.0174. The van der Waals surface area contributed by atoms with Crippen LogP contribution in [0.5, 0.6) is 5.75 Å². The normalized spacial score (nSPS) is 22.9. The maximum atomic E-state index is 6.17. The van der Waals surface area contributed by atoms with Crippen molar-refractivity contribution in [2.24, 2.45) is 4.99 Å². The van der Waals surface area contributed by atoms with Gasteiger partial charge in [-0.2, -0.15) is 0 Å². The van der Waals surface area contributed by atoms with E-state index in [-0.39, 0.29) is 5.60 Å². The quantitative estimate of drug-likeness (QED) is 0.783. The molecule has 6 nitrogen and oxygen atoms in total. The molecule has 6 heteroatoms. The van der Waals surface area contributed by atoms with E-state index < -0.39 is 0 Å². The van der Waals surface area contributed by atoms with E-state index in [4.69, 9.17) is 9.73 Å². The summed E-state index contributed by atoms with van der Waals surface area (Å²) in [7, 11) is 0. The third-order valence-electron chi connectivity index (χ3n) is 6.45. The standard InChI is InChI=1S/C23H29N5O/c1-4-27-9-10-28(14-16(27)2)21-12-20(25-15-26-21)22-19-11-18(29-23(3)7-8-23)6-5-17(19)13-24-22/h5-6,11-12,15-16H,4,7-10,13-14H2,1-3H3/t16-/m0/s1. The smallest absolute Gasteiger partial charge is 0.132 e. The lowest BCUT2D eigenvalue weighted by molar-refractivity contribution is 0.199. The second-order valence-corrected chi connectivity index (χ2v) is 8.72. The number of aromatic nitrogens is 2. The van der Waals surface area contributed by atoms with Crippen LogP contribution in [0.3, 0.4) is 0 Å². The first-order valence-electron chi connectivity index (χ1n) is 10.7. The lowest BCUT2D eigenvalue weighted by Gasteiger charge is -2.39. The monoisotopic (exact) mass is 391 g/mol. The predicted molar refractivity (Wildman–Crippen MR) is 115 cm³/mol. The second-order valence-electron chi connectivity index (χ2n) is 8.72. The molecule has 3 heterocycles. The number of fused-ring (bicyclic) bond motifs is 1. The highest BCUT2D eigenvalue weighted by atomic mass is 16.5. The van der Waals surface area contributed by atoms with Crippen molar-refractivity contribution in [2.75, 3.05) is 31.1 Å². The molecule has 0 unspecified atom stereocenters. The van der Waals surface area contributed by atoms with Crippen LogP contribution in [0.4, 0.5) is 5.82 Å². The lowest BCUT2D eigenvalue weighted by Crippen LogP contribution is -2.52. The zero-order valence-corrected chi connectivity index (χ0v) is 17.6. The van der Waals surface area contributed by atoms with Gasteiger partial charge in [-0.25, -0.2) is 9.97 Å². The van der Waals surface area contributed by atoms with E-state index in [1.807, 2.05) is 0 Å². The zero-order valence-electron chi connectivity index (χ0n) is 17.6. The lowest BCUT2D eigenvalue weighted by atomic mass is 10.0.